The first-order valence-electron chi connectivity index (χ1n) is 11.2. The van der Waals surface area contributed by atoms with Crippen LogP contribution in [-0.4, -0.2) is 42.5 Å². The predicted molar refractivity (Wildman–Crippen MR) is 121 cm³/mol. The van der Waals surface area contributed by atoms with E-state index in [2.05, 4.69) is 9.88 Å². The van der Waals surface area contributed by atoms with E-state index >= 15 is 0 Å². The zero-order valence-electron chi connectivity index (χ0n) is 18.5. The standard InChI is InChI=1S/C25H26N2O6/c1-16-19(26-25(33-16)17-7-8-22-23(14-17)32-15-31-22)10-13-30-21-6-2-5-20-18(21)4-3-11-27(20)12-9-24(28)29/h2,5-8,14H,3-4,9-13,15H2,1H3,(H,28,29). The minimum Gasteiger partial charge on any atom is -0.493 e. The van der Waals surface area contributed by atoms with Gasteiger partial charge in [-0.25, -0.2) is 4.98 Å². The lowest BCUT2D eigenvalue weighted by molar-refractivity contribution is -0.136. The third-order valence-corrected chi connectivity index (χ3v) is 6.01. The molecule has 33 heavy (non-hydrogen) atoms. The lowest BCUT2D eigenvalue weighted by Gasteiger charge is -2.32. The highest BCUT2D eigenvalue weighted by Gasteiger charge is 2.21. The highest BCUT2D eigenvalue weighted by molar-refractivity contribution is 5.68. The van der Waals surface area contributed by atoms with E-state index in [4.69, 9.17) is 23.7 Å². The zero-order chi connectivity index (χ0) is 22.8. The van der Waals surface area contributed by atoms with Crippen LogP contribution in [0.4, 0.5) is 5.69 Å². The summed E-state index contributed by atoms with van der Waals surface area (Å²) in [5, 5.41) is 9.03. The molecular weight excluding hydrogens is 424 g/mol. The van der Waals surface area contributed by atoms with Gasteiger partial charge in [-0.3, -0.25) is 4.79 Å². The molecule has 0 spiro atoms. The zero-order valence-corrected chi connectivity index (χ0v) is 18.5. The molecule has 0 saturated heterocycles. The van der Waals surface area contributed by atoms with E-state index in [0.717, 1.165) is 59.2 Å². The highest BCUT2D eigenvalue weighted by atomic mass is 16.7. The number of benzene rings is 2. The molecular formula is C25H26N2O6. The number of oxazole rings is 1. The lowest BCUT2D eigenvalue weighted by atomic mass is 10.0. The topological polar surface area (TPSA) is 94.3 Å². The molecule has 0 radical (unpaired) electrons. The Morgan fingerprint density at radius 3 is 2.97 bits per heavy atom. The van der Waals surface area contributed by atoms with E-state index < -0.39 is 5.97 Å². The first-order valence-corrected chi connectivity index (χ1v) is 11.2. The van der Waals surface area contributed by atoms with Gasteiger partial charge in [0.15, 0.2) is 11.5 Å². The molecule has 3 heterocycles. The number of rotatable bonds is 8. The van der Waals surface area contributed by atoms with Crippen LogP contribution in [0, 0.1) is 6.92 Å². The molecule has 8 heteroatoms. The van der Waals surface area contributed by atoms with Crippen LogP contribution in [0.15, 0.2) is 40.8 Å². The molecule has 0 saturated carbocycles. The van der Waals surface area contributed by atoms with Crippen molar-refractivity contribution in [3.63, 3.8) is 0 Å². The summed E-state index contributed by atoms with van der Waals surface area (Å²) in [6.45, 7) is 3.98. The fourth-order valence-electron chi connectivity index (χ4n) is 4.34. The molecule has 0 bridgehead atoms. The van der Waals surface area contributed by atoms with Crippen molar-refractivity contribution in [1.29, 1.82) is 0 Å². The Balaban J connectivity index is 1.25. The van der Waals surface area contributed by atoms with Crippen LogP contribution in [0.25, 0.3) is 11.5 Å². The normalized spacial score (nSPS) is 14.3. The second-order valence-electron chi connectivity index (χ2n) is 8.18. The Morgan fingerprint density at radius 1 is 1.21 bits per heavy atom. The number of carboxylic acid groups (broad SMARTS) is 1. The maximum absolute atomic E-state index is 11.0. The predicted octanol–water partition coefficient (Wildman–Crippen LogP) is 4.23. The molecule has 1 aromatic heterocycles. The van der Waals surface area contributed by atoms with Crippen molar-refractivity contribution in [3.8, 4) is 28.7 Å². The first-order chi connectivity index (χ1) is 16.1. The average molecular weight is 450 g/mol. The number of aliphatic carboxylic acids is 1. The Labute approximate surface area is 191 Å². The average Bonchev–Trinajstić information content (AvgIpc) is 3.43. The van der Waals surface area contributed by atoms with Crippen LogP contribution in [-0.2, 0) is 17.6 Å². The molecule has 0 amide bonds. The van der Waals surface area contributed by atoms with Gasteiger partial charge >= 0.3 is 5.97 Å². The summed E-state index contributed by atoms with van der Waals surface area (Å²) in [7, 11) is 0. The van der Waals surface area contributed by atoms with Gasteiger partial charge in [0.05, 0.1) is 18.7 Å². The number of hydrogen-bond donors (Lipinski definition) is 1. The fraction of sp³-hybridized carbons (Fsp3) is 0.360. The largest absolute Gasteiger partial charge is 0.493 e. The number of hydrogen-bond acceptors (Lipinski definition) is 7. The minimum absolute atomic E-state index is 0.127. The number of anilines is 1. The van der Waals surface area contributed by atoms with Crippen molar-refractivity contribution in [1.82, 2.24) is 4.98 Å². The molecule has 5 rings (SSSR count). The third-order valence-electron chi connectivity index (χ3n) is 6.01. The second-order valence-corrected chi connectivity index (χ2v) is 8.18. The van der Waals surface area contributed by atoms with Gasteiger partial charge in [0.25, 0.3) is 0 Å². The number of ether oxygens (including phenoxy) is 3. The van der Waals surface area contributed by atoms with E-state index in [0.29, 0.717) is 31.2 Å². The smallest absolute Gasteiger partial charge is 0.305 e. The Kier molecular flexibility index (Phi) is 5.81. The second kappa shape index (κ2) is 9.05. The molecule has 2 aliphatic heterocycles. The number of carboxylic acids is 1. The Hall–Kier alpha value is -3.68. The van der Waals surface area contributed by atoms with Crippen molar-refractivity contribution >= 4 is 11.7 Å². The molecule has 0 atom stereocenters. The first kappa shape index (κ1) is 21.2. The number of carbonyl (C=O) groups is 1. The van der Waals surface area contributed by atoms with E-state index in [1.165, 1.54) is 0 Å². The van der Waals surface area contributed by atoms with Crippen LogP contribution >= 0.6 is 0 Å². The van der Waals surface area contributed by atoms with E-state index in [9.17, 15) is 4.79 Å². The van der Waals surface area contributed by atoms with Crippen molar-refractivity contribution in [2.45, 2.75) is 32.6 Å². The molecule has 172 valence electrons. The van der Waals surface area contributed by atoms with Gasteiger partial charge in [-0.15, -0.1) is 0 Å². The summed E-state index contributed by atoms with van der Waals surface area (Å²) >= 11 is 0. The molecule has 2 aromatic carbocycles. The van der Waals surface area contributed by atoms with Crippen molar-refractivity contribution in [3.05, 3.63) is 53.4 Å². The molecule has 0 unspecified atom stereocenters. The third kappa shape index (κ3) is 4.46. The molecule has 8 nitrogen and oxygen atoms in total. The number of fused-ring (bicyclic) bond motifs is 2. The number of aryl methyl sites for hydroxylation is 1. The fourth-order valence-corrected chi connectivity index (χ4v) is 4.34. The SMILES string of the molecule is Cc1oc(-c2ccc3c(c2)OCO3)nc1CCOc1cccc2c1CCCN2CCC(=O)O. The number of aromatic nitrogens is 1. The quantitative estimate of drug-likeness (QED) is 0.545. The van der Waals surface area contributed by atoms with Gasteiger partial charge in [0.1, 0.15) is 11.5 Å². The van der Waals surface area contributed by atoms with Crippen LogP contribution in [0.2, 0.25) is 0 Å². The molecule has 0 fully saturated rings. The summed E-state index contributed by atoms with van der Waals surface area (Å²) in [6, 6.07) is 11.6. The Bertz CT molecular complexity index is 1170. The van der Waals surface area contributed by atoms with Crippen LogP contribution in [0.5, 0.6) is 17.2 Å². The molecule has 2 aliphatic rings. The van der Waals surface area contributed by atoms with Gasteiger partial charge in [0, 0.05) is 36.3 Å². The monoisotopic (exact) mass is 450 g/mol. The maximum atomic E-state index is 11.0. The van der Waals surface area contributed by atoms with Crippen molar-refractivity contribution in [2.75, 3.05) is 31.4 Å². The molecule has 0 aliphatic carbocycles. The maximum Gasteiger partial charge on any atom is 0.305 e. The van der Waals surface area contributed by atoms with E-state index in [1.54, 1.807) is 0 Å². The van der Waals surface area contributed by atoms with Crippen LogP contribution in [0.3, 0.4) is 0 Å². The van der Waals surface area contributed by atoms with Crippen LogP contribution < -0.4 is 19.1 Å². The Morgan fingerprint density at radius 2 is 2.09 bits per heavy atom. The summed E-state index contributed by atoms with van der Waals surface area (Å²) in [6.07, 6.45) is 2.65. The van der Waals surface area contributed by atoms with Gasteiger partial charge in [0.2, 0.25) is 12.7 Å². The van der Waals surface area contributed by atoms with Gasteiger partial charge < -0.3 is 28.6 Å². The summed E-state index contributed by atoms with van der Waals surface area (Å²) < 4.78 is 22.9. The summed E-state index contributed by atoms with van der Waals surface area (Å²) in [5.41, 5.74) is 3.92. The number of nitrogens with zero attached hydrogens (tertiary/aromatic N) is 2. The van der Waals surface area contributed by atoms with Gasteiger partial charge in [-0.05, 0) is 50.1 Å². The highest BCUT2D eigenvalue weighted by Crippen LogP contribution is 2.37. The minimum atomic E-state index is -0.780. The summed E-state index contributed by atoms with van der Waals surface area (Å²) in [4.78, 5) is 17.8. The lowest BCUT2D eigenvalue weighted by Crippen LogP contribution is -2.31. The van der Waals surface area contributed by atoms with E-state index in [1.807, 2.05) is 43.3 Å². The van der Waals surface area contributed by atoms with Crippen LogP contribution in [0.1, 0.15) is 29.9 Å². The molecule has 1 N–H and O–H groups in total. The van der Waals surface area contributed by atoms with Gasteiger partial charge in [-0.2, -0.15) is 0 Å². The van der Waals surface area contributed by atoms with E-state index in [-0.39, 0.29) is 13.2 Å². The van der Waals surface area contributed by atoms with Gasteiger partial charge in [-0.1, -0.05) is 6.07 Å². The summed E-state index contributed by atoms with van der Waals surface area (Å²) in [5.74, 6) is 2.80. The van der Waals surface area contributed by atoms with Crippen molar-refractivity contribution < 1.29 is 28.5 Å². The molecule has 3 aromatic rings. The van der Waals surface area contributed by atoms with Crippen molar-refractivity contribution in [2.24, 2.45) is 0 Å².